The minimum atomic E-state index is -0.0477. The maximum atomic E-state index is 11.8. The molecule has 1 heterocycles. The Bertz CT molecular complexity index is 425. The molecule has 1 aromatic rings. The SMILES string of the molecule is CC1CNCCC1NC(=O)COCCOc1ccccc1. The Morgan fingerprint density at radius 3 is 2.90 bits per heavy atom. The van der Waals surface area contributed by atoms with Crippen molar-refractivity contribution in [3.8, 4) is 5.75 Å². The van der Waals surface area contributed by atoms with Crippen molar-refractivity contribution in [3.63, 3.8) is 0 Å². The molecule has 0 aliphatic carbocycles. The van der Waals surface area contributed by atoms with Gasteiger partial charge in [0.1, 0.15) is 19.0 Å². The molecule has 0 saturated carbocycles. The van der Waals surface area contributed by atoms with E-state index in [0.29, 0.717) is 19.1 Å². The smallest absolute Gasteiger partial charge is 0.246 e. The van der Waals surface area contributed by atoms with Gasteiger partial charge in [0.2, 0.25) is 5.91 Å². The van der Waals surface area contributed by atoms with Crippen molar-refractivity contribution < 1.29 is 14.3 Å². The molecule has 5 nitrogen and oxygen atoms in total. The number of ether oxygens (including phenoxy) is 2. The average Bonchev–Trinajstić information content (AvgIpc) is 2.50. The minimum Gasteiger partial charge on any atom is -0.491 e. The summed E-state index contributed by atoms with van der Waals surface area (Å²) in [7, 11) is 0. The summed E-state index contributed by atoms with van der Waals surface area (Å²) in [6.45, 7) is 5.00. The standard InChI is InChI=1S/C16H24N2O3/c1-13-11-17-8-7-15(13)18-16(19)12-20-9-10-21-14-5-3-2-4-6-14/h2-6,13,15,17H,7-12H2,1H3,(H,18,19). The Morgan fingerprint density at radius 1 is 1.33 bits per heavy atom. The van der Waals surface area contributed by atoms with Crippen molar-refractivity contribution in [2.24, 2.45) is 5.92 Å². The fourth-order valence-electron chi connectivity index (χ4n) is 2.38. The summed E-state index contributed by atoms with van der Waals surface area (Å²) in [5.74, 6) is 1.23. The third-order valence-corrected chi connectivity index (χ3v) is 3.60. The van der Waals surface area contributed by atoms with E-state index in [-0.39, 0.29) is 18.6 Å². The zero-order valence-electron chi connectivity index (χ0n) is 12.5. The van der Waals surface area contributed by atoms with Gasteiger partial charge in [-0.3, -0.25) is 4.79 Å². The Hall–Kier alpha value is -1.59. The van der Waals surface area contributed by atoms with Crippen LogP contribution in [0.2, 0.25) is 0 Å². The van der Waals surface area contributed by atoms with Crippen LogP contribution in [0.1, 0.15) is 13.3 Å². The van der Waals surface area contributed by atoms with E-state index < -0.39 is 0 Å². The van der Waals surface area contributed by atoms with Crippen LogP contribution >= 0.6 is 0 Å². The molecule has 2 atom stereocenters. The number of hydrogen-bond acceptors (Lipinski definition) is 4. The maximum absolute atomic E-state index is 11.8. The molecule has 2 N–H and O–H groups in total. The first kappa shape index (κ1) is 15.8. The summed E-state index contributed by atoms with van der Waals surface area (Å²) in [6.07, 6.45) is 0.976. The van der Waals surface area contributed by atoms with Crippen LogP contribution in [0.25, 0.3) is 0 Å². The summed E-state index contributed by atoms with van der Waals surface area (Å²) < 4.78 is 10.8. The fraction of sp³-hybridized carbons (Fsp3) is 0.562. The number of carbonyl (C=O) groups excluding carboxylic acids is 1. The Morgan fingerprint density at radius 2 is 2.14 bits per heavy atom. The van der Waals surface area contributed by atoms with Gasteiger partial charge in [0.25, 0.3) is 0 Å². The minimum absolute atomic E-state index is 0.0477. The number of rotatable bonds is 7. The second-order valence-corrected chi connectivity index (χ2v) is 5.36. The number of amides is 1. The fourth-order valence-corrected chi connectivity index (χ4v) is 2.38. The van der Waals surface area contributed by atoms with E-state index in [9.17, 15) is 4.79 Å². The Labute approximate surface area is 126 Å². The van der Waals surface area contributed by atoms with Crippen molar-refractivity contribution >= 4 is 5.91 Å². The van der Waals surface area contributed by atoms with E-state index in [4.69, 9.17) is 9.47 Å². The van der Waals surface area contributed by atoms with Crippen molar-refractivity contribution in [1.82, 2.24) is 10.6 Å². The largest absolute Gasteiger partial charge is 0.491 e. The highest BCUT2D eigenvalue weighted by Gasteiger charge is 2.22. The van der Waals surface area contributed by atoms with E-state index in [1.165, 1.54) is 0 Å². The summed E-state index contributed by atoms with van der Waals surface area (Å²) in [6, 6.07) is 9.82. The number of carbonyl (C=O) groups is 1. The molecule has 5 heteroatoms. The van der Waals surface area contributed by atoms with Gasteiger partial charge in [0, 0.05) is 6.04 Å². The predicted octanol–water partition coefficient (Wildman–Crippen LogP) is 1.20. The number of benzene rings is 1. The molecular weight excluding hydrogens is 268 g/mol. The number of nitrogens with one attached hydrogen (secondary N) is 2. The molecule has 1 amide bonds. The second kappa shape index (κ2) is 8.64. The van der Waals surface area contributed by atoms with Gasteiger partial charge in [0.15, 0.2) is 0 Å². The lowest BCUT2D eigenvalue weighted by molar-refractivity contribution is -0.127. The highest BCUT2D eigenvalue weighted by atomic mass is 16.5. The molecule has 1 saturated heterocycles. The molecule has 0 bridgehead atoms. The number of piperidine rings is 1. The molecule has 0 spiro atoms. The zero-order valence-corrected chi connectivity index (χ0v) is 12.5. The van der Waals surface area contributed by atoms with Crippen LogP contribution in [0.5, 0.6) is 5.75 Å². The number of hydrogen-bond donors (Lipinski definition) is 2. The normalized spacial score (nSPS) is 21.8. The van der Waals surface area contributed by atoms with Gasteiger partial charge in [0.05, 0.1) is 6.61 Å². The molecule has 0 aromatic heterocycles. The van der Waals surface area contributed by atoms with Gasteiger partial charge in [-0.2, -0.15) is 0 Å². The van der Waals surface area contributed by atoms with Crippen LogP contribution in [0, 0.1) is 5.92 Å². The van der Waals surface area contributed by atoms with E-state index in [1.807, 2.05) is 30.3 Å². The van der Waals surface area contributed by atoms with Crippen LogP contribution < -0.4 is 15.4 Å². The van der Waals surface area contributed by atoms with E-state index in [0.717, 1.165) is 25.3 Å². The maximum Gasteiger partial charge on any atom is 0.246 e. The molecule has 1 aliphatic heterocycles. The molecule has 0 radical (unpaired) electrons. The molecule has 116 valence electrons. The van der Waals surface area contributed by atoms with E-state index >= 15 is 0 Å². The zero-order chi connectivity index (χ0) is 14.9. The third kappa shape index (κ3) is 5.73. The van der Waals surface area contributed by atoms with Crippen LogP contribution in [-0.4, -0.2) is 44.9 Å². The van der Waals surface area contributed by atoms with Crippen molar-refractivity contribution in [2.75, 3.05) is 32.9 Å². The van der Waals surface area contributed by atoms with Gasteiger partial charge >= 0.3 is 0 Å². The van der Waals surface area contributed by atoms with Crippen molar-refractivity contribution in [2.45, 2.75) is 19.4 Å². The van der Waals surface area contributed by atoms with Crippen LogP contribution in [0.3, 0.4) is 0 Å². The van der Waals surface area contributed by atoms with Gasteiger partial charge in [-0.1, -0.05) is 25.1 Å². The number of para-hydroxylation sites is 1. The van der Waals surface area contributed by atoms with Gasteiger partial charge in [-0.15, -0.1) is 0 Å². The first-order chi connectivity index (χ1) is 10.3. The third-order valence-electron chi connectivity index (χ3n) is 3.60. The first-order valence-corrected chi connectivity index (χ1v) is 7.51. The molecule has 2 rings (SSSR count). The summed E-state index contributed by atoms with van der Waals surface area (Å²) >= 11 is 0. The highest BCUT2D eigenvalue weighted by molar-refractivity contribution is 5.77. The monoisotopic (exact) mass is 292 g/mol. The Kier molecular flexibility index (Phi) is 6.50. The molecule has 1 aliphatic rings. The quantitative estimate of drug-likeness (QED) is 0.741. The predicted molar refractivity (Wildman–Crippen MR) is 81.3 cm³/mol. The van der Waals surface area contributed by atoms with Crippen LogP contribution in [0.15, 0.2) is 30.3 Å². The van der Waals surface area contributed by atoms with Crippen LogP contribution in [-0.2, 0) is 9.53 Å². The van der Waals surface area contributed by atoms with Gasteiger partial charge in [-0.05, 0) is 37.6 Å². The van der Waals surface area contributed by atoms with Gasteiger partial charge < -0.3 is 20.1 Å². The molecular formula is C16H24N2O3. The molecule has 2 unspecified atom stereocenters. The van der Waals surface area contributed by atoms with E-state index in [2.05, 4.69) is 17.6 Å². The second-order valence-electron chi connectivity index (χ2n) is 5.36. The lowest BCUT2D eigenvalue weighted by atomic mass is 9.95. The lowest BCUT2D eigenvalue weighted by Crippen LogP contribution is -2.49. The van der Waals surface area contributed by atoms with Crippen molar-refractivity contribution in [3.05, 3.63) is 30.3 Å². The topological polar surface area (TPSA) is 59.6 Å². The van der Waals surface area contributed by atoms with Crippen LogP contribution in [0.4, 0.5) is 0 Å². The average molecular weight is 292 g/mol. The Balaban J connectivity index is 1.55. The summed E-state index contributed by atoms with van der Waals surface area (Å²) in [5, 5.41) is 6.35. The first-order valence-electron chi connectivity index (χ1n) is 7.51. The van der Waals surface area contributed by atoms with Gasteiger partial charge in [-0.25, -0.2) is 0 Å². The summed E-state index contributed by atoms with van der Waals surface area (Å²) in [5.41, 5.74) is 0. The van der Waals surface area contributed by atoms with E-state index in [1.54, 1.807) is 0 Å². The summed E-state index contributed by atoms with van der Waals surface area (Å²) in [4.78, 5) is 11.8. The highest BCUT2D eigenvalue weighted by Crippen LogP contribution is 2.10. The molecule has 21 heavy (non-hydrogen) atoms. The lowest BCUT2D eigenvalue weighted by Gasteiger charge is -2.30. The molecule has 1 fully saturated rings. The molecule has 1 aromatic carbocycles. The van der Waals surface area contributed by atoms with Crippen molar-refractivity contribution in [1.29, 1.82) is 0 Å².